The standard InChI is InChI=1S/C12H6BrNO3S/c13-8-2-1-3-9-12(8)18-11-5-4-7(14(15)16)6-10(11)17-9/h1-6H. The van der Waals surface area contributed by atoms with E-state index in [1.807, 2.05) is 18.2 Å². The van der Waals surface area contributed by atoms with Crippen LogP contribution >= 0.6 is 27.7 Å². The minimum atomic E-state index is -0.426. The van der Waals surface area contributed by atoms with Crippen LogP contribution in [0.15, 0.2) is 50.7 Å². The number of non-ortho nitro benzene ring substituents is 1. The summed E-state index contributed by atoms with van der Waals surface area (Å²) >= 11 is 5.00. The van der Waals surface area contributed by atoms with E-state index in [4.69, 9.17) is 4.74 Å². The van der Waals surface area contributed by atoms with Crippen LogP contribution in [-0.2, 0) is 0 Å². The molecule has 1 aliphatic heterocycles. The lowest BCUT2D eigenvalue weighted by molar-refractivity contribution is -0.385. The number of hydrogen-bond donors (Lipinski definition) is 0. The van der Waals surface area contributed by atoms with Crippen molar-refractivity contribution < 1.29 is 9.66 Å². The molecule has 0 aliphatic carbocycles. The number of halogens is 1. The second-order valence-corrected chi connectivity index (χ2v) is 5.57. The van der Waals surface area contributed by atoms with Gasteiger partial charge in [-0.1, -0.05) is 17.8 Å². The molecule has 6 heteroatoms. The van der Waals surface area contributed by atoms with Crippen LogP contribution in [0, 0.1) is 10.1 Å². The smallest absolute Gasteiger partial charge is 0.273 e. The fraction of sp³-hybridized carbons (Fsp3) is 0. The second kappa shape index (κ2) is 4.29. The van der Waals surface area contributed by atoms with Crippen molar-refractivity contribution in [2.24, 2.45) is 0 Å². The largest absolute Gasteiger partial charge is 0.455 e. The van der Waals surface area contributed by atoms with E-state index in [1.165, 1.54) is 23.9 Å². The van der Waals surface area contributed by atoms with Gasteiger partial charge in [0.25, 0.3) is 5.69 Å². The first-order chi connectivity index (χ1) is 8.65. The van der Waals surface area contributed by atoms with Crippen LogP contribution in [0.2, 0.25) is 0 Å². The maximum Gasteiger partial charge on any atom is 0.273 e. The van der Waals surface area contributed by atoms with E-state index in [-0.39, 0.29) is 5.69 Å². The molecule has 3 rings (SSSR count). The first-order valence-corrected chi connectivity index (χ1v) is 6.69. The summed E-state index contributed by atoms with van der Waals surface area (Å²) in [4.78, 5) is 12.2. The maximum absolute atomic E-state index is 10.7. The summed E-state index contributed by atoms with van der Waals surface area (Å²) in [5, 5.41) is 10.7. The number of nitrogens with zero attached hydrogens (tertiary/aromatic N) is 1. The van der Waals surface area contributed by atoms with Gasteiger partial charge in [0.15, 0.2) is 0 Å². The zero-order chi connectivity index (χ0) is 12.7. The zero-order valence-electron chi connectivity index (χ0n) is 8.92. The Morgan fingerprint density at radius 3 is 2.83 bits per heavy atom. The molecule has 2 aromatic rings. The molecular weight excluding hydrogens is 318 g/mol. The van der Waals surface area contributed by atoms with Gasteiger partial charge in [-0.05, 0) is 34.1 Å². The Bertz CT molecular complexity index is 660. The molecule has 0 fully saturated rings. The molecule has 4 nitrogen and oxygen atoms in total. The van der Waals surface area contributed by atoms with Crippen LogP contribution in [0.1, 0.15) is 0 Å². The molecule has 0 bridgehead atoms. The predicted octanol–water partition coefficient (Wildman–Crippen LogP) is 4.61. The number of nitro benzene ring substituents is 1. The summed E-state index contributed by atoms with van der Waals surface area (Å²) < 4.78 is 6.65. The molecule has 1 aliphatic rings. The predicted molar refractivity (Wildman–Crippen MR) is 71.4 cm³/mol. The van der Waals surface area contributed by atoms with Gasteiger partial charge in [-0.15, -0.1) is 0 Å². The molecular formula is C12H6BrNO3S. The fourth-order valence-electron chi connectivity index (χ4n) is 1.67. The molecule has 2 aromatic carbocycles. The Kier molecular flexibility index (Phi) is 2.76. The number of fused-ring (bicyclic) bond motifs is 2. The average molecular weight is 324 g/mol. The first kappa shape index (κ1) is 11.6. The maximum atomic E-state index is 10.7. The Labute approximate surface area is 115 Å². The van der Waals surface area contributed by atoms with E-state index in [2.05, 4.69) is 15.9 Å². The van der Waals surface area contributed by atoms with Crippen molar-refractivity contribution in [3.8, 4) is 11.5 Å². The van der Waals surface area contributed by atoms with Crippen LogP contribution in [0.25, 0.3) is 0 Å². The number of ether oxygens (including phenoxy) is 1. The second-order valence-electron chi connectivity index (χ2n) is 3.66. The lowest BCUT2D eigenvalue weighted by Crippen LogP contribution is -1.97. The van der Waals surface area contributed by atoms with Crippen molar-refractivity contribution in [2.75, 3.05) is 0 Å². The Morgan fingerprint density at radius 2 is 2.06 bits per heavy atom. The highest BCUT2D eigenvalue weighted by atomic mass is 79.9. The van der Waals surface area contributed by atoms with E-state index < -0.39 is 4.92 Å². The summed E-state index contributed by atoms with van der Waals surface area (Å²) in [6.07, 6.45) is 0. The summed E-state index contributed by atoms with van der Waals surface area (Å²) in [7, 11) is 0. The number of hydrogen-bond acceptors (Lipinski definition) is 4. The third-order valence-corrected chi connectivity index (χ3v) is 4.61. The highest BCUT2D eigenvalue weighted by Crippen LogP contribution is 2.50. The Balaban J connectivity index is 2.08. The highest BCUT2D eigenvalue weighted by Gasteiger charge is 2.22. The molecule has 0 aromatic heterocycles. The van der Waals surface area contributed by atoms with Gasteiger partial charge < -0.3 is 4.74 Å². The monoisotopic (exact) mass is 323 g/mol. The van der Waals surface area contributed by atoms with E-state index in [0.717, 1.165) is 14.3 Å². The molecule has 18 heavy (non-hydrogen) atoms. The van der Waals surface area contributed by atoms with Crippen LogP contribution in [0.5, 0.6) is 11.5 Å². The molecule has 0 atom stereocenters. The number of rotatable bonds is 1. The lowest BCUT2D eigenvalue weighted by atomic mass is 10.3. The normalized spacial score (nSPS) is 12.3. The van der Waals surface area contributed by atoms with Crippen molar-refractivity contribution in [3.63, 3.8) is 0 Å². The Morgan fingerprint density at radius 1 is 1.22 bits per heavy atom. The molecule has 0 saturated heterocycles. The van der Waals surface area contributed by atoms with Crippen molar-refractivity contribution in [1.29, 1.82) is 0 Å². The van der Waals surface area contributed by atoms with E-state index in [0.29, 0.717) is 11.5 Å². The van der Waals surface area contributed by atoms with Gasteiger partial charge in [-0.2, -0.15) is 0 Å². The van der Waals surface area contributed by atoms with Gasteiger partial charge in [0.2, 0.25) is 0 Å². The van der Waals surface area contributed by atoms with Crippen molar-refractivity contribution in [2.45, 2.75) is 9.79 Å². The van der Waals surface area contributed by atoms with Crippen LogP contribution < -0.4 is 4.74 Å². The summed E-state index contributed by atoms with van der Waals surface area (Å²) in [5.41, 5.74) is 0.0350. The summed E-state index contributed by atoms with van der Waals surface area (Å²) in [6, 6.07) is 10.3. The summed E-state index contributed by atoms with van der Waals surface area (Å²) in [6.45, 7) is 0. The average Bonchev–Trinajstić information content (AvgIpc) is 2.36. The molecule has 0 radical (unpaired) electrons. The topological polar surface area (TPSA) is 52.4 Å². The Hall–Kier alpha value is -1.53. The van der Waals surface area contributed by atoms with E-state index in [9.17, 15) is 10.1 Å². The quantitative estimate of drug-likeness (QED) is 0.484. The molecule has 0 spiro atoms. The first-order valence-electron chi connectivity index (χ1n) is 5.08. The minimum Gasteiger partial charge on any atom is -0.455 e. The molecule has 1 heterocycles. The van der Waals surface area contributed by atoms with Gasteiger partial charge >= 0.3 is 0 Å². The van der Waals surface area contributed by atoms with E-state index >= 15 is 0 Å². The van der Waals surface area contributed by atoms with Gasteiger partial charge in [0, 0.05) is 10.5 Å². The van der Waals surface area contributed by atoms with Crippen molar-refractivity contribution >= 4 is 33.4 Å². The van der Waals surface area contributed by atoms with Gasteiger partial charge in [-0.3, -0.25) is 10.1 Å². The number of benzene rings is 2. The minimum absolute atomic E-state index is 0.0350. The fourth-order valence-corrected chi connectivity index (χ4v) is 3.20. The van der Waals surface area contributed by atoms with Gasteiger partial charge in [-0.25, -0.2) is 0 Å². The summed E-state index contributed by atoms with van der Waals surface area (Å²) in [5.74, 6) is 1.24. The van der Waals surface area contributed by atoms with Crippen LogP contribution in [0.3, 0.4) is 0 Å². The molecule has 0 N–H and O–H groups in total. The van der Waals surface area contributed by atoms with Gasteiger partial charge in [0.05, 0.1) is 20.8 Å². The van der Waals surface area contributed by atoms with Gasteiger partial charge in [0.1, 0.15) is 11.5 Å². The zero-order valence-corrected chi connectivity index (χ0v) is 11.3. The van der Waals surface area contributed by atoms with E-state index in [1.54, 1.807) is 6.07 Å². The third kappa shape index (κ3) is 1.87. The molecule has 0 amide bonds. The van der Waals surface area contributed by atoms with Crippen LogP contribution in [-0.4, -0.2) is 4.92 Å². The third-order valence-electron chi connectivity index (χ3n) is 2.50. The lowest BCUT2D eigenvalue weighted by Gasteiger charge is -2.19. The number of nitro groups is 1. The van der Waals surface area contributed by atoms with Crippen molar-refractivity contribution in [3.05, 3.63) is 51.0 Å². The van der Waals surface area contributed by atoms with Crippen molar-refractivity contribution in [1.82, 2.24) is 0 Å². The highest BCUT2D eigenvalue weighted by molar-refractivity contribution is 9.10. The molecule has 90 valence electrons. The SMILES string of the molecule is O=[N+]([O-])c1ccc2c(c1)Oc1cccc(Br)c1S2. The molecule has 0 saturated carbocycles. The van der Waals surface area contributed by atoms with Crippen LogP contribution in [0.4, 0.5) is 5.69 Å². The molecule has 0 unspecified atom stereocenters.